The van der Waals surface area contributed by atoms with E-state index in [1.54, 1.807) is 41.8 Å². The molecule has 0 aliphatic carbocycles. The van der Waals surface area contributed by atoms with Crippen LogP contribution in [0, 0.1) is 5.82 Å². The van der Waals surface area contributed by atoms with Crippen LogP contribution in [-0.2, 0) is 40.0 Å². The lowest BCUT2D eigenvalue weighted by Crippen LogP contribution is -2.65. The highest BCUT2D eigenvalue weighted by molar-refractivity contribution is 6.01. The fraction of sp³-hybridized carbons (Fsp3) is 0.500. The third kappa shape index (κ3) is 14.8. The first kappa shape index (κ1) is 61.2. The largest absolute Gasteiger partial charge is 0.462 e. The number of amides is 6. The summed E-state index contributed by atoms with van der Waals surface area (Å²) < 4.78 is 22.4. The Morgan fingerprint density at radius 1 is 0.812 bits per heavy atom. The predicted octanol–water partition coefficient (Wildman–Crippen LogP) is 7.13. The number of hydrogen-bond donors (Lipinski definition) is 5. The van der Waals surface area contributed by atoms with Gasteiger partial charge in [0, 0.05) is 92.9 Å². The van der Waals surface area contributed by atoms with E-state index in [1.165, 1.54) is 18.1 Å². The van der Waals surface area contributed by atoms with Gasteiger partial charge in [0.25, 0.3) is 5.91 Å². The minimum Gasteiger partial charge on any atom is -0.462 e. The molecular weight excluding hydrogens is 1090 g/mol. The van der Waals surface area contributed by atoms with Crippen LogP contribution < -0.4 is 36.5 Å². The van der Waals surface area contributed by atoms with Crippen LogP contribution in [0.2, 0.25) is 0 Å². The molecule has 0 unspecified atom stereocenters. The Morgan fingerprint density at radius 3 is 2.27 bits per heavy atom. The molecule has 5 aliphatic heterocycles. The molecule has 3 aromatic carbocycles. The van der Waals surface area contributed by atoms with Crippen LogP contribution >= 0.6 is 0 Å². The van der Waals surface area contributed by atoms with Crippen molar-refractivity contribution in [2.45, 2.75) is 142 Å². The molecule has 6 aromatic rings. The normalized spacial score (nSPS) is 17.4. The number of likely N-dealkylation sites (N-methyl/N-ethyl adjacent to an activating group) is 1. The maximum atomic E-state index is 16.1. The van der Waals surface area contributed by atoms with Crippen molar-refractivity contribution in [3.8, 4) is 11.1 Å². The number of anilines is 3. The topological polar surface area (TPSA) is 271 Å². The van der Waals surface area contributed by atoms with E-state index in [1.807, 2.05) is 42.2 Å². The molecule has 3 saturated heterocycles. The molecule has 452 valence electrons. The molecule has 85 heavy (non-hydrogen) atoms. The first-order chi connectivity index (χ1) is 41.2. The average molecular weight is 1170 g/mol. The van der Waals surface area contributed by atoms with Crippen molar-refractivity contribution >= 4 is 81.0 Å². The zero-order chi connectivity index (χ0) is 60.0. The number of unbranched alkanes of at least 4 members (excludes halogenated alkanes) is 4. The van der Waals surface area contributed by atoms with Gasteiger partial charge in [-0.25, -0.2) is 19.2 Å². The number of carbonyl (C=O) groups excluding carboxylic acids is 7. The highest BCUT2D eigenvalue weighted by Crippen LogP contribution is 2.42. The van der Waals surface area contributed by atoms with Gasteiger partial charge < -0.3 is 41.5 Å². The van der Waals surface area contributed by atoms with Gasteiger partial charge in [-0.15, -0.1) is 9.69 Å². The number of quaternary nitrogens is 1. The van der Waals surface area contributed by atoms with Gasteiger partial charge in [0.2, 0.25) is 24.1 Å². The van der Waals surface area contributed by atoms with Gasteiger partial charge in [0.15, 0.2) is 11.5 Å². The highest BCUT2D eigenvalue weighted by atomic mass is 19.1. The molecule has 8 heterocycles. The Morgan fingerprint density at radius 2 is 1.55 bits per heavy atom. The number of nitrogens with zero attached hydrogens (tertiary/aromatic N) is 9. The number of fused-ring (bicyclic) bond motifs is 2. The number of primary amides is 1. The lowest BCUT2D eigenvalue weighted by molar-refractivity contribution is -0.146. The number of esters is 1. The number of carbonyl (C=O) groups is 7. The Labute approximate surface area is 494 Å². The van der Waals surface area contributed by atoms with Crippen LogP contribution in [0.4, 0.5) is 21.7 Å². The molecule has 3 fully saturated rings. The van der Waals surface area contributed by atoms with E-state index in [0.29, 0.717) is 85.6 Å². The number of halogens is 1. The second-order valence-corrected chi connectivity index (χ2v) is 22.8. The molecule has 0 atom stereocenters. The molecule has 11 rings (SSSR count). The summed E-state index contributed by atoms with van der Waals surface area (Å²) in [5, 5.41) is 22.5. The minimum absolute atomic E-state index is 0.0286. The fourth-order valence-electron chi connectivity index (χ4n) is 12.3. The Balaban J connectivity index is 0.000000792. The molecule has 0 radical (unpaired) electrons. The van der Waals surface area contributed by atoms with Crippen molar-refractivity contribution in [3.63, 3.8) is 0 Å². The molecule has 5 aliphatic rings. The van der Waals surface area contributed by atoms with E-state index in [0.717, 1.165) is 112 Å². The number of likely N-dealkylation sites (tertiary alicyclic amines) is 1. The van der Waals surface area contributed by atoms with Gasteiger partial charge in [0.05, 0.1) is 36.1 Å². The van der Waals surface area contributed by atoms with E-state index < -0.39 is 17.7 Å². The maximum absolute atomic E-state index is 16.1. The van der Waals surface area contributed by atoms with Crippen molar-refractivity contribution in [1.29, 1.82) is 0 Å². The monoisotopic (exact) mass is 1170 g/mol. The van der Waals surface area contributed by atoms with Crippen LogP contribution in [-0.4, -0.2) is 141 Å². The number of piperidine rings is 3. The smallest absolute Gasteiger partial charge is 0.340 e. The summed E-state index contributed by atoms with van der Waals surface area (Å²) in [5.41, 5.74) is 11.0. The standard InChI is InChI=1S/C56H68FN13O5.C6H11NO3/c1-2-59-49(72)36-68-45-13-11-12-42-43-33-46-40(32-44(43)57)34-62-69(46)70(30-23-39(24-31-70)53(65-68)52(42)45)51(74)20-19-48(71)60-25-8-5-3-4-7-14-50(73)67-28-21-38(22-29-67)37-15-17-41(18-16-37)63-56-54(55(58)75)61-35-47(64-56)66-26-9-6-10-27-66;1-5(2)10-6(9)3-7-4-8/h11-13,15-18,32-35,38-39H,2-10,14,19-31,36H2,1H3,(H4-,58,59,60,63,64,71,72,75);4-5H,3H2,1-2H3,(H,7,8)/p+1. The van der Waals surface area contributed by atoms with Gasteiger partial charge in [-0.05, 0) is 113 Å². The van der Waals surface area contributed by atoms with E-state index in [-0.39, 0.29) is 71.9 Å². The van der Waals surface area contributed by atoms with Crippen LogP contribution in [0.3, 0.4) is 0 Å². The lowest BCUT2D eigenvalue weighted by Gasteiger charge is -2.39. The van der Waals surface area contributed by atoms with Gasteiger partial charge in [-0.3, -0.25) is 33.4 Å². The van der Waals surface area contributed by atoms with E-state index in [9.17, 15) is 33.6 Å². The SMILES string of the molecule is CC(C)OC(=O)CNC=O.CCNC(=O)Cn1nc2c3c(cccc31)-c1cc3c(cnn3[N+]3(C(=O)CCC(=O)NCCCCCCCC(=O)N4CCC(c5ccc(Nc6nc(N7CCCCC7)cnc6C(N)=O)cc5)CC4)CCC2CC3)cc1F. The predicted molar refractivity (Wildman–Crippen MR) is 321 cm³/mol. The quantitative estimate of drug-likeness (QED) is 0.0185. The summed E-state index contributed by atoms with van der Waals surface area (Å²) >= 11 is 0. The maximum Gasteiger partial charge on any atom is 0.340 e. The second-order valence-electron chi connectivity index (χ2n) is 22.8. The molecule has 3 aromatic heterocycles. The molecule has 4 bridgehead atoms. The number of hydrogen-bond acceptors (Lipinski definition) is 14. The Hall–Kier alpha value is -8.34. The van der Waals surface area contributed by atoms with Crippen molar-refractivity contribution in [2.24, 2.45) is 5.73 Å². The van der Waals surface area contributed by atoms with Gasteiger partial charge in [-0.1, -0.05) is 48.3 Å². The fourth-order valence-corrected chi connectivity index (χ4v) is 12.3. The third-order valence-corrected chi connectivity index (χ3v) is 16.6. The van der Waals surface area contributed by atoms with Gasteiger partial charge >= 0.3 is 11.9 Å². The van der Waals surface area contributed by atoms with E-state index >= 15 is 4.39 Å². The molecule has 23 heteroatoms. The van der Waals surface area contributed by atoms with Gasteiger partial charge in [0.1, 0.15) is 43.3 Å². The third-order valence-electron chi connectivity index (χ3n) is 16.6. The summed E-state index contributed by atoms with van der Waals surface area (Å²) in [6.45, 7) is 10.5. The molecule has 6 amide bonds. The Kier molecular flexibility index (Phi) is 20.5. The van der Waals surface area contributed by atoms with E-state index in [4.69, 9.17) is 25.7 Å². The average Bonchev–Trinajstić information content (AvgIpc) is 2.02. The number of aromatic nitrogens is 6. The van der Waals surface area contributed by atoms with Crippen molar-refractivity contribution in [3.05, 3.63) is 89.8 Å². The summed E-state index contributed by atoms with van der Waals surface area (Å²) in [7, 11) is 0. The van der Waals surface area contributed by atoms with Crippen LogP contribution in [0.5, 0.6) is 0 Å². The molecule has 0 spiro atoms. The summed E-state index contributed by atoms with van der Waals surface area (Å²) in [6.07, 6.45) is 15.0. The molecule has 6 N–H and O–H groups in total. The number of rotatable bonds is 23. The first-order valence-electron chi connectivity index (χ1n) is 30.2. The number of nitrogens with two attached hydrogens (primary N) is 1. The van der Waals surface area contributed by atoms with Crippen LogP contribution in [0.15, 0.2) is 67.0 Å². The van der Waals surface area contributed by atoms with Gasteiger partial charge in [-0.2, -0.15) is 5.10 Å². The van der Waals surface area contributed by atoms with Crippen molar-refractivity contribution in [2.75, 3.05) is 69.1 Å². The zero-order valence-electron chi connectivity index (χ0n) is 49.1. The Bertz CT molecular complexity index is 3360. The first-order valence-corrected chi connectivity index (χ1v) is 30.2. The molecular formula is C62H80FN14O8+. The van der Waals surface area contributed by atoms with Crippen molar-refractivity contribution < 1.29 is 42.7 Å². The van der Waals surface area contributed by atoms with Crippen LogP contribution in [0.25, 0.3) is 32.9 Å². The van der Waals surface area contributed by atoms with E-state index in [2.05, 4.69) is 43.3 Å². The lowest BCUT2D eigenvalue weighted by atomic mass is 9.88. The molecule has 0 saturated carbocycles. The highest BCUT2D eigenvalue weighted by Gasteiger charge is 2.46. The van der Waals surface area contributed by atoms with Crippen molar-refractivity contribution in [1.82, 2.24) is 55.1 Å². The summed E-state index contributed by atoms with van der Waals surface area (Å²) in [6, 6.07) is 17.1. The second kappa shape index (κ2) is 28.5. The number of ether oxygens (including phenoxy) is 1. The summed E-state index contributed by atoms with van der Waals surface area (Å²) in [4.78, 5) is 101. The number of benzene rings is 3. The number of nitrogens with one attached hydrogen (secondary N) is 4. The summed E-state index contributed by atoms with van der Waals surface area (Å²) in [5.74, 6) is -0.309. The molecule has 22 nitrogen and oxygen atoms in total. The minimum atomic E-state index is -0.632. The van der Waals surface area contributed by atoms with Crippen LogP contribution in [0.1, 0.15) is 151 Å². The zero-order valence-corrected chi connectivity index (χ0v) is 49.1.